The predicted molar refractivity (Wildman–Crippen MR) is 307 cm³/mol. The van der Waals surface area contributed by atoms with Crippen LogP contribution in [0.15, 0.2) is 267 Å². The van der Waals surface area contributed by atoms with E-state index in [0.717, 1.165) is 50.1 Å². The molecule has 14 rings (SSSR count). The van der Waals surface area contributed by atoms with Crippen molar-refractivity contribution in [2.75, 3.05) is 0 Å². The lowest BCUT2D eigenvalue weighted by molar-refractivity contribution is 0.836. The van der Waals surface area contributed by atoms with Crippen LogP contribution in [0.1, 0.15) is 29.3 Å². The Labute approximate surface area is 429 Å². The third kappa shape index (κ3) is 7.44. The van der Waals surface area contributed by atoms with Gasteiger partial charge in [-0.3, -0.25) is 0 Å². The van der Waals surface area contributed by atoms with Crippen LogP contribution < -0.4 is 0 Å². The number of rotatable bonds is 9. The lowest BCUT2D eigenvalue weighted by atomic mass is 9.79. The largest absolute Gasteiger partial charge is 0.311 e. The minimum absolute atomic E-state index is 0.155. The summed E-state index contributed by atoms with van der Waals surface area (Å²) in [7, 11) is 0. The highest BCUT2D eigenvalue weighted by atomic mass is 15.0. The van der Waals surface area contributed by atoms with Crippen LogP contribution >= 0.6 is 0 Å². The second-order valence-corrected chi connectivity index (χ2v) is 19.1. The van der Waals surface area contributed by atoms with Gasteiger partial charge >= 0.3 is 0 Å². The second-order valence-electron chi connectivity index (χ2n) is 19.1. The Bertz CT molecular complexity index is 4210. The quantitative estimate of drug-likeness (QED) is 0.145. The zero-order valence-corrected chi connectivity index (χ0v) is 40.4. The number of hydrogen-bond acceptors (Lipinski definition) is 3. The molecule has 0 N–H and O–H groups in total. The first-order chi connectivity index (χ1) is 36.7. The van der Waals surface area contributed by atoms with Gasteiger partial charge in [0.05, 0.1) is 22.1 Å². The summed E-state index contributed by atoms with van der Waals surface area (Å²) in [5.41, 5.74) is 18.0. The minimum Gasteiger partial charge on any atom is -0.311 e. The van der Waals surface area contributed by atoms with Crippen molar-refractivity contribution >= 4 is 60.5 Å². The number of para-hydroxylation sites is 3. The highest BCUT2D eigenvalue weighted by Gasteiger charge is 2.33. The fourth-order valence-electron chi connectivity index (χ4n) is 11.3. The smallest absolute Gasteiger partial charge is 0.164 e. The van der Waals surface area contributed by atoms with Crippen molar-refractivity contribution in [1.29, 1.82) is 0 Å². The maximum absolute atomic E-state index is 5.39. The van der Waals surface area contributed by atoms with E-state index < -0.39 is 0 Å². The summed E-state index contributed by atoms with van der Waals surface area (Å²) >= 11 is 0. The summed E-state index contributed by atoms with van der Waals surface area (Å²) in [6.45, 7) is 0. The van der Waals surface area contributed by atoms with E-state index in [1.54, 1.807) is 0 Å². The van der Waals surface area contributed by atoms with Gasteiger partial charge in [0.25, 0.3) is 0 Å². The van der Waals surface area contributed by atoms with Gasteiger partial charge in [0.2, 0.25) is 0 Å². The van der Waals surface area contributed by atoms with Gasteiger partial charge < -0.3 is 9.13 Å². The molecule has 0 saturated heterocycles. The molecule has 3 heterocycles. The Morgan fingerprint density at radius 2 is 0.770 bits per heavy atom. The van der Waals surface area contributed by atoms with Crippen LogP contribution in [0.5, 0.6) is 0 Å². The summed E-state index contributed by atoms with van der Waals surface area (Å²) < 4.78 is 5.05. The topological polar surface area (TPSA) is 48.5 Å². The normalized spacial score (nSPS) is 13.8. The van der Waals surface area contributed by atoms with Gasteiger partial charge in [0.15, 0.2) is 17.5 Å². The molecule has 10 aromatic carbocycles. The van der Waals surface area contributed by atoms with Crippen LogP contribution in [0.2, 0.25) is 0 Å². The van der Waals surface area contributed by atoms with Gasteiger partial charge in [-0.2, -0.15) is 0 Å². The average molecular weight is 946 g/mol. The molecular formula is C69H47N5. The maximum atomic E-state index is 5.39. The molecule has 0 radical (unpaired) electrons. The summed E-state index contributed by atoms with van der Waals surface area (Å²) in [6, 6.07) is 93.5. The third-order valence-electron chi connectivity index (χ3n) is 14.8. The van der Waals surface area contributed by atoms with E-state index >= 15 is 0 Å². The minimum atomic E-state index is -0.155. The lowest BCUT2D eigenvalue weighted by Crippen LogP contribution is -2.16. The number of aromatic nitrogens is 5. The van der Waals surface area contributed by atoms with Crippen LogP contribution in [0.3, 0.4) is 0 Å². The predicted octanol–water partition coefficient (Wildman–Crippen LogP) is 17.4. The van der Waals surface area contributed by atoms with Crippen LogP contribution in [-0.4, -0.2) is 24.1 Å². The Morgan fingerprint density at radius 3 is 1.35 bits per heavy atom. The van der Waals surface area contributed by atoms with Crippen LogP contribution in [-0.2, 0) is 0 Å². The van der Waals surface area contributed by atoms with E-state index in [-0.39, 0.29) is 5.92 Å². The first-order valence-corrected chi connectivity index (χ1v) is 25.4. The molecule has 74 heavy (non-hydrogen) atoms. The van der Waals surface area contributed by atoms with Crippen molar-refractivity contribution in [3.8, 4) is 50.7 Å². The molecule has 0 fully saturated rings. The van der Waals surface area contributed by atoms with Crippen molar-refractivity contribution in [1.82, 2.24) is 24.1 Å². The zero-order chi connectivity index (χ0) is 49.0. The second kappa shape index (κ2) is 18.2. The van der Waals surface area contributed by atoms with E-state index in [1.807, 2.05) is 36.4 Å². The van der Waals surface area contributed by atoms with E-state index in [1.165, 1.54) is 60.5 Å². The maximum Gasteiger partial charge on any atom is 0.164 e. The third-order valence-corrected chi connectivity index (χ3v) is 14.8. The molecule has 0 aliphatic heterocycles. The van der Waals surface area contributed by atoms with E-state index in [2.05, 4.69) is 240 Å². The molecular weight excluding hydrogens is 899 g/mol. The Morgan fingerprint density at radius 1 is 0.324 bits per heavy atom. The summed E-state index contributed by atoms with van der Waals surface area (Å²) in [5, 5.41) is 4.84. The molecule has 1 atom stereocenters. The molecule has 5 nitrogen and oxygen atoms in total. The molecule has 1 aliphatic carbocycles. The highest BCUT2D eigenvalue weighted by molar-refractivity contribution is 6.27. The summed E-state index contributed by atoms with van der Waals surface area (Å²) in [5.74, 6) is 1.79. The first-order valence-electron chi connectivity index (χ1n) is 25.4. The van der Waals surface area contributed by atoms with Crippen LogP contribution in [0.25, 0.3) is 111 Å². The Kier molecular flexibility index (Phi) is 10.6. The van der Waals surface area contributed by atoms with Crippen molar-refractivity contribution < 1.29 is 0 Å². The summed E-state index contributed by atoms with van der Waals surface area (Å²) in [4.78, 5) is 15.9. The number of hydrogen-bond donors (Lipinski definition) is 0. The van der Waals surface area contributed by atoms with Crippen molar-refractivity contribution in [2.45, 2.75) is 12.3 Å². The molecule has 0 bridgehead atoms. The van der Waals surface area contributed by atoms with Gasteiger partial charge in [0, 0.05) is 55.5 Å². The fourth-order valence-corrected chi connectivity index (χ4v) is 11.3. The Hall–Kier alpha value is -9.71. The van der Waals surface area contributed by atoms with Gasteiger partial charge in [-0.1, -0.05) is 231 Å². The molecule has 0 saturated carbocycles. The van der Waals surface area contributed by atoms with Gasteiger partial charge in [-0.05, 0) is 81.8 Å². The molecule has 1 unspecified atom stereocenters. The number of fused-ring (bicyclic) bond motifs is 7. The molecule has 348 valence electrons. The summed E-state index contributed by atoms with van der Waals surface area (Å²) in [6.07, 6.45) is 3.02. The van der Waals surface area contributed by atoms with Crippen LogP contribution in [0.4, 0.5) is 0 Å². The number of allylic oxidation sites excluding steroid dienone is 4. The highest BCUT2D eigenvalue weighted by Crippen LogP contribution is 2.51. The molecule has 0 spiro atoms. The zero-order valence-electron chi connectivity index (χ0n) is 40.4. The lowest BCUT2D eigenvalue weighted by Gasteiger charge is -2.31. The SMILES string of the molecule is C1=C(c2nc(-c3ccccc3)nc(-c3ccccc3)n2)CC(c2ccc(-c3ccccc3)cc2)C(n2c3ccccc3c3ccc4c(c5ccccc5n4-c4ccccc4)c32)=C1c1ccc(-c2ccccc2)cc1. The van der Waals surface area contributed by atoms with Gasteiger partial charge in [-0.25, -0.2) is 15.0 Å². The van der Waals surface area contributed by atoms with Crippen molar-refractivity contribution in [3.05, 3.63) is 284 Å². The van der Waals surface area contributed by atoms with Crippen molar-refractivity contribution in [3.63, 3.8) is 0 Å². The van der Waals surface area contributed by atoms with E-state index in [0.29, 0.717) is 23.9 Å². The monoisotopic (exact) mass is 945 g/mol. The number of benzene rings is 10. The molecule has 5 heteroatoms. The van der Waals surface area contributed by atoms with Gasteiger partial charge in [0.1, 0.15) is 0 Å². The molecule has 3 aromatic heterocycles. The standard InChI is InChI=1S/C69H47N5/c1-6-20-46(21-7-1)48-34-38-50(39-35-48)59-44-54(69-71-67(52-24-10-3-11-25-52)70-68(72-69)53-26-12-4-13-27-53)45-60(51-40-36-49(37-41-51)47-22-8-2-9-23-47)65(59)74-61-32-18-16-30-56(61)57-42-43-63-64(66(57)74)58-31-17-19-33-62(58)73(63)55-28-14-5-15-29-55/h1-44,60H,45H2. The van der Waals surface area contributed by atoms with E-state index in [4.69, 9.17) is 15.0 Å². The molecule has 0 amide bonds. The number of nitrogens with zero attached hydrogens (tertiary/aromatic N) is 5. The Balaban J connectivity index is 1.11. The van der Waals surface area contributed by atoms with Gasteiger partial charge in [-0.15, -0.1) is 0 Å². The average Bonchev–Trinajstić information content (AvgIpc) is 4.02. The van der Waals surface area contributed by atoms with Crippen LogP contribution in [0, 0.1) is 0 Å². The first kappa shape index (κ1) is 43.1. The molecule has 13 aromatic rings. The molecule has 1 aliphatic rings. The fraction of sp³-hybridized carbons (Fsp3) is 0.0290. The van der Waals surface area contributed by atoms with E-state index in [9.17, 15) is 0 Å². The van der Waals surface area contributed by atoms with Crippen molar-refractivity contribution in [2.24, 2.45) is 0 Å².